The van der Waals surface area contributed by atoms with E-state index in [0.29, 0.717) is 6.61 Å². The molecule has 0 aliphatic heterocycles. The quantitative estimate of drug-likeness (QED) is 0.686. The van der Waals surface area contributed by atoms with Gasteiger partial charge in [0, 0.05) is 39.6 Å². The van der Waals surface area contributed by atoms with Crippen molar-refractivity contribution in [3.05, 3.63) is 23.4 Å². The molecular weight excluding hydrogens is 244 g/mol. The molecule has 1 rings (SSSR count). The average molecular weight is 268 g/mol. The number of aryl methyl sites for hydroxylation is 1. The Morgan fingerprint density at radius 3 is 2.53 bits per heavy atom. The first kappa shape index (κ1) is 15.9. The first-order valence-corrected chi connectivity index (χ1v) is 6.52. The van der Waals surface area contributed by atoms with Gasteiger partial charge in [0.15, 0.2) is 0 Å². The number of hydrogen-bond acceptors (Lipinski definition) is 5. The Morgan fingerprint density at radius 1 is 1.16 bits per heavy atom. The largest absolute Gasteiger partial charge is 0.392 e. The molecule has 0 spiro atoms. The Labute approximate surface area is 115 Å². The van der Waals surface area contributed by atoms with E-state index in [-0.39, 0.29) is 6.61 Å². The molecule has 5 nitrogen and oxygen atoms in total. The van der Waals surface area contributed by atoms with Gasteiger partial charge < -0.3 is 19.5 Å². The van der Waals surface area contributed by atoms with Gasteiger partial charge in [0.05, 0.1) is 13.2 Å². The number of aliphatic hydroxyl groups excluding tert-OH is 1. The highest BCUT2D eigenvalue weighted by atomic mass is 16.5. The lowest BCUT2D eigenvalue weighted by molar-refractivity contribution is 0.191. The molecule has 0 atom stereocenters. The van der Waals surface area contributed by atoms with Crippen LogP contribution in [0.15, 0.2) is 12.1 Å². The van der Waals surface area contributed by atoms with Crippen LogP contribution in [0.1, 0.15) is 17.7 Å². The van der Waals surface area contributed by atoms with Gasteiger partial charge in [-0.05, 0) is 31.0 Å². The monoisotopic (exact) mass is 268 g/mol. The van der Waals surface area contributed by atoms with E-state index in [2.05, 4.69) is 9.88 Å². The first-order chi connectivity index (χ1) is 9.21. The van der Waals surface area contributed by atoms with Crippen LogP contribution in [0.3, 0.4) is 0 Å². The minimum atomic E-state index is 0.0343. The van der Waals surface area contributed by atoms with E-state index >= 15 is 0 Å². The van der Waals surface area contributed by atoms with Gasteiger partial charge in [-0.1, -0.05) is 0 Å². The Balaban J connectivity index is 2.79. The van der Waals surface area contributed by atoms with Crippen LogP contribution in [-0.2, 0) is 16.1 Å². The second-order valence-electron chi connectivity index (χ2n) is 4.46. The third-order valence-electron chi connectivity index (χ3n) is 2.85. The highest BCUT2D eigenvalue weighted by Crippen LogP contribution is 2.15. The summed E-state index contributed by atoms with van der Waals surface area (Å²) in [4.78, 5) is 6.69. The number of nitrogens with zero attached hydrogens (tertiary/aromatic N) is 2. The molecule has 0 unspecified atom stereocenters. The van der Waals surface area contributed by atoms with Gasteiger partial charge in [-0.25, -0.2) is 4.98 Å². The van der Waals surface area contributed by atoms with Crippen molar-refractivity contribution in [2.45, 2.75) is 20.0 Å². The fraction of sp³-hybridized carbons (Fsp3) is 0.643. The number of hydrogen-bond donors (Lipinski definition) is 1. The van der Waals surface area contributed by atoms with E-state index in [4.69, 9.17) is 9.47 Å². The number of pyridine rings is 1. The Bertz CT molecular complexity index is 372. The van der Waals surface area contributed by atoms with Gasteiger partial charge in [0.25, 0.3) is 0 Å². The molecule has 1 heterocycles. The van der Waals surface area contributed by atoms with Crippen LogP contribution in [0.4, 0.5) is 5.82 Å². The van der Waals surface area contributed by atoms with E-state index in [1.165, 1.54) is 0 Å². The van der Waals surface area contributed by atoms with Crippen molar-refractivity contribution in [1.29, 1.82) is 0 Å². The van der Waals surface area contributed by atoms with E-state index in [0.717, 1.165) is 43.2 Å². The van der Waals surface area contributed by atoms with Crippen molar-refractivity contribution in [3.63, 3.8) is 0 Å². The molecule has 0 saturated heterocycles. The summed E-state index contributed by atoms with van der Waals surface area (Å²) in [5.74, 6) is 0.886. The van der Waals surface area contributed by atoms with Crippen LogP contribution in [0.25, 0.3) is 0 Å². The van der Waals surface area contributed by atoms with Crippen molar-refractivity contribution >= 4 is 5.82 Å². The van der Waals surface area contributed by atoms with Crippen LogP contribution in [-0.4, -0.2) is 50.6 Å². The number of methoxy groups -OCH3 is 2. The molecule has 0 radical (unpaired) electrons. The molecular formula is C14H24N2O3. The number of aromatic nitrogens is 1. The summed E-state index contributed by atoms with van der Waals surface area (Å²) in [6, 6.07) is 3.82. The molecule has 0 aromatic carbocycles. The van der Waals surface area contributed by atoms with Gasteiger partial charge >= 0.3 is 0 Å². The smallest absolute Gasteiger partial charge is 0.129 e. The second kappa shape index (κ2) is 8.85. The fourth-order valence-corrected chi connectivity index (χ4v) is 1.92. The lowest BCUT2D eigenvalue weighted by atomic mass is 10.2. The second-order valence-corrected chi connectivity index (χ2v) is 4.46. The first-order valence-electron chi connectivity index (χ1n) is 6.52. The normalized spacial score (nSPS) is 10.7. The zero-order chi connectivity index (χ0) is 14.1. The molecule has 0 bridgehead atoms. The highest BCUT2D eigenvalue weighted by molar-refractivity contribution is 5.42. The number of anilines is 1. The van der Waals surface area contributed by atoms with Gasteiger partial charge in [-0.3, -0.25) is 0 Å². The van der Waals surface area contributed by atoms with Crippen LogP contribution in [0.2, 0.25) is 0 Å². The average Bonchev–Trinajstić information content (AvgIpc) is 2.42. The molecule has 0 aliphatic rings. The maximum atomic E-state index is 9.27. The van der Waals surface area contributed by atoms with Crippen LogP contribution >= 0.6 is 0 Å². The molecule has 19 heavy (non-hydrogen) atoms. The SMILES string of the molecule is COCCCN(CCOC)c1cc(CO)cc(C)n1. The minimum absolute atomic E-state index is 0.0343. The van der Waals surface area contributed by atoms with E-state index in [1.54, 1.807) is 14.2 Å². The molecule has 1 N–H and O–H groups in total. The lowest BCUT2D eigenvalue weighted by Crippen LogP contribution is -2.30. The predicted molar refractivity (Wildman–Crippen MR) is 75.5 cm³/mol. The molecule has 1 aromatic heterocycles. The number of aliphatic hydroxyl groups is 1. The van der Waals surface area contributed by atoms with Crippen molar-refractivity contribution < 1.29 is 14.6 Å². The Morgan fingerprint density at radius 2 is 1.89 bits per heavy atom. The van der Waals surface area contributed by atoms with Crippen molar-refractivity contribution in [2.24, 2.45) is 0 Å². The van der Waals surface area contributed by atoms with Crippen LogP contribution in [0.5, 0.6) is 0 Å². The zero-order valence-electron chi connectivity index (χ0n) is 12.1. The van der Waals surface area contributed by atoms with Gasteiger partial charge in [0.2, 0.25) is 0 Å². The molecule has 0 amide bonds. The topological polar surface area (TPSA) is 54.8 Å². The molecule has 5 heteroatoms. The third-order valence-corrected chi connectivity index (χ3v) is 2.85. The molecule has 1 aromatic rings. The predicted octanol–water partition coefficient (Wildman–Crippen LogP) is 1.37. The summed E-state index contributed by atoms with van der Waals surface area (Å²) in [7, 11) is 3.39. The summed E-state index contributed by atoms with van der Waals surface area (Å²) in [5, 5.41) is 9.27. The summed E-state index contributed by atoms with van der Waals surface area (Å²) in [6.45, 7) is 4.98. The van der Waals surface area contributed by atoms with Crippen molar-refractivity contribution in [3.8, 4) is 0 Å². The Kier molecular flexibility index (Phi) is 7.40. The highest BCUT2D eigenvalue weighted by Gasteiger charge is 2.09. The van der Waals surface area contributed by atoms with Gasteiger partial charge in [0.1, 0.15) is 5.82 Å². The van der Waals surface area contributed by atoms with E-state index < -0.39 is 0 Å². The van der Waals surface area contributed by atoms with Crippen LogP contribution < -0.4 is 4.90 Å². The van der Waals surface area contributed by atoms with E-state index in [9.17, 15) is 5.11 Å². The number of rotatable bonds is 9. The fourth-order valence-electron chi connectivity index (χ4n) is 1.92. The number of ether oxygens (including phenoxy) is 2. The maximum absolute atomic E-state index is 9.27. The summed E-state index contributed by atoms with van der Waals surface area (Å²) >= 11 is 0. The molecule has 108 valence electrons. The van der Waals surface area contributed by atoms with Crippen molar-refractivity contribution in [2.75, 3.05) is 45.4 Å². The molecule has 0 aliphatic carbocycles. The summed E-state index contributed by atoms with van der Waals surface area (Å²) in [5.41, 5.74) is 1.80. The third kappa shape index (κ3) is 5.55. The summed E-state index contributed by atoms with van der Waals surface area (Å²) < 4.78 is 10.2. The van der Waals surface area contributed by atoms with Crippen LogP contribution in [0, 0.1) is 6.92 Å². The van der Waals surface area contributed by atoms with Gasteiger partial charge in [-0.15, -0.1) is 0 Å². The zero-order valence-corrected chi connectivity index (χ0v) is 12.1. The maximum Gasteiger partial charge on any atom is 0.129 e. The molecule has 0 fully saturated rings. The molecule has 0 saturated carbocycles. The van der Waals surface area contributed by atoms with E-state index in [1.807, 2.05) is 19.1 Å². The minimum Gasteiger partial charge on any atom is -0.392 e. The van der Waals surface area contributed by atoms with Gasteiger partial charge in [-0.2, -0.15) is 0 Å². The van der Waals surface area contributed by atoms with Crippen molar-refractivity contribution in [1.82, 2.24) is 4.98 Å². The summed E-state index contributed by atoms with van der Waals surface area (Å²) in [6.07, 6.45) is 0.935. The Hall–Kier alpha value is -1.17. The standard InChI is InChI=1S/C14H24N2O3/c1-12-9-13(11-17)10-14(15-12)16(6-8-19-3)5-4-7-18-2/h9-10,17H,4-8,11H2,1-3H3. The lowest BCUT2D eigenvalue weighted by Gasteiger charge is -2.24.